The zero-order valence-corrected chi connectivity index (χ0v) is 16.4. The third-order valence-corrected chi connectivity index (χ3v) is 5.50. The first kappa shape index (κ1) is 19.4. The summed E-state index contributed by atoms with van der Waals surface area (Å²) in [7, 11) is 0. The van der Waals surface area contributed by atoms with Gasteiger partial charge in [0, 0.05) is 43.2 Å². The van der Waals surface area contributed by atoms with Crippen molar-refractivity contribution in [2.24, 2.45) is 11.8 Å². The fraction of sp³-hybridized carbons (Fsp3) is 0.571. The number of para-hydroxylation sites is 1. The molecule has 2 fully saturated rings. The van der Waals surface area contributed by atoms with Crippen LogP contribution >= 0.6 is 0 Å². The minimum absolute atomic E-state index is 0.0169. The van der Waals surface area contributed by atoms with Gasteiger partial charge in [0.15, 0.2) is 0 Å². The van der Waals surface area contributed by atoms with Crippen LogP contribution in [0.4, 0.5) is 5.69 Å². The summed E-state index contributed by atoms with van der Waals surface area (Å²) in [5.41, 5.74) is 0.544. The number of piperidine rings is 1. The molecule has 2 heterocycles. The van der Waals surface area contributed by atoms with Gasteiger partial charge in [-0.15, -0.1) is 0 Å². The van der Waals surface area contributed by atoms with Gasteiger partial charge in [0.05, 0.1) is 5.92 Å². The standard InChI is InChI=1S/C21H29N3O3/c1-21(2,3)24-14-16(13-18(24)25)20(27)23-11-9-15(10-12-23)19(26)22-17-7-5-4-6-8-17/h4-8,15-16H,9-14H2,1-3H3,(H,22,26). The van der Waals surface area contributed by atoms with Gasteiger partial charge in [-0.2, -0.15) is 0 Å². The van der Waals surface area contributed by atoms with Gasteiger partial charge in [-0.25, -0.2) is 0 Å². The van der Waals surface area contributed by atoms with E-state index >= 15 is 0 Å². The van der Waals surface area contributed by atoms with E-state index < -0.39 is 0 Å². The molecule has 1 aromatic rings. The van der Waals surface area contributed by atoms with Crippen LogP contribution in [0, 0.1) is 11.8 Å². The molecular formula is C21H29N3O3. The van der Waals surface area contributed by atoms with Gasteiger partial charge < -0.3 is 15.1 Å². The zero-order valence-electron chi connectivity index (χ0n) is 16.4. The van der Waals surface area contributed by atoms with E-state index in [1.165, 1.54) is 0 Å². The number of carbonyl (C=O) groups is 3. The predicted octanol–water partition coefficient (Wildman–Crippen LogP) is 2.51. The van der Waals surface area contributed by atoms with Gasteiger partial charge in [-0.1, -0.05) is 18.2 Å². The first-order valence-electron chi connectivity index (χ1n) is 9.71. The molecule has 2 aliphatic rings. The second-order valence-corrected chi connectivity index (χ2v) is 8.53. The Morgan fingerprint density at radius 3 is 2.22 bits per heavy atom. The van der Waals surface area contributed by atoms with Crippen molar-refractivity contribution >= 4 is 23.4 Å². The lowest BCUT2D eigenvalue weighted by Crippen LogP contribution is -2.46. The van der Waals surface area contributed by atoms with Crippen molar-refractivity contribution in [1.29, 1.82) is 0 Å². The van der Waals surface area contributed by atoms with E-state index in [-0.39, 0.29) is 35.1 Å². The number of benzene rings is 1. The molecule has 1 aromatic carbocycles. The number of likely N-dealkylation sites (tertiary alicyclic amines) is 2. The van der Waals surface area contributed by atoms with Crippen molar-refractivity contribution in [2.45, 2.75) is 45.6 Å². The highest BCUT2D eigenvalue weighted by atomic mass is 16.2. The third-order valence-electron chi connectivity index (χ3n) is 5.50. The SMILES string of the molecule is CC(C)(C)N1CC(C(=O)N2CCC(C(=O)Nc3ccccc3)CC2)CC1=O. The van der Waals surface area contributed by atoms with E-state index in [9.17, 15) is 14.4 Å². The number of hydrogen-bond donors (Lipinski definition) is 1. The molecular weight excluding hydrogens is 342 g/mol. The van der Waals surface area contributed by atoms with Gasteiger partial charge in [-0.05, 0) is 45.7 Å². The smallest absolute Gasteiger partial charge is 0.227 e. The Balaban J connectivity index is 1.51. The molecule has 27 heavy (non-hydrogen) atoms. The summed E-state index contributed by atoms with van der Waals surface area (Å²) in [5.74, 6) is -0.213. The summed E-state index contributed by atoms with van der Waals surface area (Å²) in [6.07, 6.45) is 1.62. The van der Waals surface area contributed by atoms with Gasteiger partial charge in [-0.3, -0.25) is 14.4 Å². The van der Waals surface area contributed by atoms with Gasteiger partial charge in [0.1, 0.15) is 0 Å². The van der Waals surface area contributed by atoms with E-state index in [1.54, 1.807) is 4.90 Å². The van der Waals surface area contributed by atoms with E-state index in [2.05, 4.69) is 5.32 Å². The Morgan fingerprint density at radius 1 is 1.04 bits per heavy atom. The Bertz CT molecular complexity index is 703. The van der Waals surface area contributed by atoms with Crippen molar-refractivity contribution in [3.63, 3.8) is 0 Å². The van der Waals surface area contributed by atoms with E-state index in [1.807, 2.05) is 56.0 Å². The van der Waals surface area contributed by atoms with Crippen molar-refractivity contribution in [1.82, 2.24) is 9.80 Å². The number of rotatable bonds is 3. The third kappa shape index (κ3) is 4.49. The first-order valence-corrected chi connectivity index (χ1v) is 9.71. The molecule has 1 atom stereocenters. The number of nitrogens with one attached hydrogen (secondary N) is 1. The Hall–Kier alpha value is -2.37. The minimum atomic E-state index is -0.258. The van der Waals surface area contributed by atoms with E-state index in [0.717, 1.165) is 5.69 Å². The first-order chi connectivity index (χ1) is 12.8. The molecule has 6 nitrogen and oxygen atoms in total. The van der Waals surface area contributed by atoms with Crippen LogP contribution in [0.3, 0.4) is 0 Å². The summed E-state index contributed by atoms with van der Waals surface area (Å²) < 4.78 is 0. The zero-order chi connectivity index (χ0) is 19.6. The van der Waals surface area contributed by atoms with Crippen LogP contribution in [0.25, 0.3) is 0 Å². The summed E-state index contributed by atoms with van der Waals surface area (Å²) >= 11 is 0. The summed E-state index contributed by atoms with van der Waals surface area (Å²) in [6.45, 7) is 7.63. The molecule has 1 unspecified atom stereocenters. The normalized spacial score (nSPS) is 21.4. The average Bonchev–Trinajstić information content (AvgIpc) is 3.04. The molecule has 0 bridgehead atoms. The highest BCUT2D eigenvalue weighted by Crippen LogP contribution is 2.28. The van der Waals surface area contributed by atoms with Crippen molar-refractivity contribution < 1.29 is 14.4 Å². The number of amides is 3. The maximum absolute atomic E-state index is 12.8. The molecule has 3 rings (SSSR count). The van der Waals surface area contributed by atoms with Crippen LogP contribution in [0.1, 0.15) is 40.0 Å². The fourth-order valence-electron chi connectivity index (χ4n) is 3.91. The highest BCUT2D eigenvalue weighted by Gasteiger charge is 2.41. The average molecular weight is 371 g/mol. The summed E-state index contributed by atoms with van der Waals surface area (Å²) in [5, 5.41) is 2.95. The molecule has 0 saturated carbocycles. The molecule has 1 N–H and O–H groups in total. The minimum Gasteiger partial charge on any atom is -0.342 e. The highest BCUT2D eigenvalue weighted by molar-refractivity contribution is 5.93. The van der Waals surface area contributed by atoms with E-state index in [0.29, 0.717) is 38.9 Å². The van der Waals surface area contributed by atoms with Gasteiger partial charge in [0.2, 0.25) is 17.7 Å². The molecule has 0 aromatic heterocycles. The molecule has 0 radical (unpaired) electrons. The van der Waals surface area contributed by atoms with Crippen LogP contribution < -0.4 is 5.32 Å². The Labute approximate surface area is 160 Å². The Kier molecular flexibility index (Phi) is 5.53. The molecule has 6 heteroatoms. The topological polar surface area (TPSA) is 69.7 Å². The molecule has 3 amide bonds. The van der Waals surface area contributed by atoms with Crippen LogP contribution in [-0.2, 0) is 14.4 Å². The lowest BCUT2D eigenvalue weighted by Gasteiger charge is -2.34. The lowest BCUT2D eigenvalue weighted by molar-refractivity contribution is -0.138. The monoisotopic (exact) mass is 371 g/mol. The van der Waals surface area contributed by atoms with Gasteiger partial charge in [0.25, 0.3) is 0 Å². The maximum atomic E-state index is 12.8. The van der Waals surface area contributed by atoms with Crippen LogP contribution in [-0.4, -0.2) is 52.7 Å². The molecule has 2 aliphatic heterocycles. The number of anilines is 1. The van der Waals surface area contributed by atoms with Crippen molar-refractivity contribution in [3.05, 3.63) is 30.3 Å². The van der Waals surface area contributed by atoms with Crippen LogP contribution in [0.15, 0.2) is 30.3 Å². The molecule has 2 saturated heterocycles. The van der Waals surface area contributed by atoms with Crippen molar-refractivity contribution in [3.8, 4) is 0 Å². The number of carbonyl (C=O) groups excluding carboxylic acids is 3. The molecule has 0 aliphatic carbocycles. The predicted molar refractivity (Wildman–Crippen MR) is 104 cm³/mol. The maximum Gasteiger partial charge on any atom is 0.227 e. The number of hydrogen-bond acceptors (Lipinski definition) is 3. The van der Waals surface area contributed by atoms with E-state index in [4.69, 9.17) is 0 Å². The molecule has 146 valence electrons. The largest absolute Gasteiger partial charge is 0.342 e. The summed E-state index contributed by atoms with van der Waals surface area (Å²) in [4.78, 5) is 41.1. The number of nitrogens with zero attached hydrogens (tertiary/aromatic N) is 2. The second kappa shape index (κ2) is 7.71. The van der Waals surface area contributed by atoms with Crippen LogP contribution in [0.5, 0.6) is 0 Å². The van der Waals surface area contributed by atoms with Crippen LogP contribution in [0.2, 0.25) is 0 Å². The fourth-order valence-corrected chi connectivity index (χ4v) is 3.91. The lowest BCUT2D eigenvalue weighted by atomic mass is 9.94. The van der Waals surface area contributed by atoms with Crippen molar-refractivity contribution in [2.75, 3.05) is 25.0 Å². The summed E-state index contributed by atoms with van der Waals surface area (Å²) in [6, 6.07) is 9.43. The molecule has 0 spiro atoms. The Morgan fingerprint density at radius 2 is 1.67 bits per heavy atom. The quantitative estimate of drug-likeness (QED) is 0.888. The second-order valence-electron chi connectivity index (χ2n) is 8.53. The van der Waals surface area contributed by atoms with Gasteiger partial charge >= 0.3 is 0 Å².